The molecule has 2 heterocycles. The smallest absolute Gasteiger partial charge is 0.126 e. The molecule has 0 aromatic rings. The summed E-state index contributed by atoms with van der Waals surface area (Å²) in [4.78, 5) is 0. The fourth-order valence-corrected chi connectivity index (χ4v) is 2.03. The molecule has 1 N–H and O–H groups in total. The molecule has 3 heteroatoms. The molecular weight excluding hydrogens is 168 g/mol. The van der Waals surface area contributed by atoms with Crippen molar-refractivity contribution < 1.29 is 14.6 Å². The lowest BCUT2D eigenvalue weighted by atomic mass is 9.89. The van der Waals surface area contributed by atoms with E-state index in [9.17, 15) is 5.11 Å². The van der Waals surface area contributed by atoms with Crippen LogP contribution >= 0.6 is 0 Å². The molecule has 0 aromatic heterocycles. The summed E-state index contributed by atoms with van der Waals surface area (Å²) in [6.45, 7) is 3.32. The highest BCUT2D eigenvalue weighted by atomic mass is 16.5. The Hall–Kier alpha value is -0.540. The monoisotopic (exact) mass is 184 g/mol. The fourth-order valence-electron chi connectivity index (χ4n) is 2.03. The first-order valence-corrected chi connectivity index (χ1v) is 4.88. The molecule has 0 saturated carbocycles. The van der Waals surface area contributed by atoms with Gasteiger partial charge >= 0.3 is 0 Å². The fraction of sp³-hybridized carbons (Fsp3) is 0.800. The second-order valence-corrected chi connectivity index (χ2v) is 3.87. The lowest BCUT2D eigenvalue weighted by molar-refractivity contribution is -0.0973. The first kappa shape index (κ1) is 9.03. The van der Waals surface area contributed by atoms with Crippen LogP contribution in [0.4, 0.5) is 0 Å². The molecule has 0 aliphatic carbocycles. The van der Waals surface area contributed by atoms with E-state index in [2.05, 4.69) is 0 Å². The van der Waals surface area contributed by atoms with Crippen molar-refractivity contribution in [3.63, 3.8) is 0 Å². The Bertz CT molecular complexity index is 224. The summed E-state index contributed by atoms with van der Waals surface area (Å²) in [6, 6.07) is 0. The van der Waals surface area contributed by atoms with E-state index in [-0.39, 0.29) is 6.10 Å². The number of hydrogen-bond acceptors (Lipinski definition) is 3. The Labute approximate surface area is 78.3 Å². The van der Waals surface area contributed by atoms with E-state index in [4.69, 9.17) is 9.47 Å². The van der Waals surface area contributed by atoms with Crippen LogP contribution in [0.5, 0.6) is 0 Å². The Balaban J connectivity index is 2.09. The van der Waals surface area contributed by atoms with Gasteiger partial charge in [-0.05, 0) is 13.0 Å². The van der Waals surface area contributed by atoms with Crippen molar-refractivity contribution in [3.8, 4) is 0 Å². The summed E-state index contributed by atoms with van der Waals surface area (Å²) < 4.78 is 10.8. The predicted molar refractivity (Wildman–Crippen MR) is 48.2 cm³/mol. The van der Waals surface area contributed by atoms with Crippen molar-refractivity contribution in [2.75, 3.05) is 13.2 Å². The van der Waals surface area contributed by atoms with Crippen LogP contribution in [-0.4, -0.2) is 30.0 Å². The molecule has 0 bridgehead atoms. The summed E-state index contributed by atoms with van der Waals surface area (Å²) in [7, 11) is 0. The van der Waals surface area contributed by atoms with Crippen LogP contribution in [0.1, 0.15) is 26.2 Å². The minimum absolute atomic E-state index is 0.129. The van der Waals surface area contributed by atoms with Crippen molar-refractivity contribution in [1.29, 1.82) is 0 Å². The van der Waals surface area contributed by atoms with Crippen molar-refractivity contribution in [1.82, 2.24) is 0 Å². The molecule has 2 aliphatic heterocycles. The van der Waals surface area contributed by atoms with E-state index < -0.39 is 5.60 Å². The zero-order valence-electron chi connectivity index (χ0n) is 7.95. The standard InChI is InChI=1S/C10H16O3/c1-8-7-10(11,4-6-12-8)9-3-2-5-13-9/h3,8,11H,2,4-7H2,1H3. The number of aliphatic hydroxyl groups is 1. The zero-order valence-corrected chi connectivity index (χ0v) is 7.95. The van der Waals surface area contributed by atoms with Gasteiger partial charge in [0.05, 0.1) is 19.3 Å². The van der Waals surface area contributed by atoms with Gasteiger partial charge in [0.2, 0.25) is 0 Å². The molecule has 74 valence electrons. The molecule has 0 spiro atoms. The lowest BCUT2D eigenvalue weighted by Gasteiger charge is -2.35. The number of ether oxygens (including phenoxy) is 2. The molecule has 13 heavy (non-hydrogen) atoms. The molecule has 1 fully saturated rings. The van der Waals surface area contributed by atoms with Gasteiger partial charge in [-0.15, -0.1) is 0 Å². The van der Waals surface area contributed by atoms with Gasteiger partial charge in [-0.2, -0.15) is 0 Å². The van der Waals surface area contributed by atoms with Crippen LogP contribution in [0.15, 0.2) is 11.8 Å². The molecule has 0 radical (unpaired) electrons. The third-order valence-corrected chi connectivity index (χ3v) is 2.71. The molecular formula is C10H16O3. The van der Waals surface area contributed by atoms with E-state index in [1.54, 1.807) is 0 Å². The van der Waals surface area contributed by atoms with E-state index in [0.29, 0.717) is 26.1 Å². The van der Waals surface area contributed by atoms with E-state index in [1.165, 1.54) is 0 Å². The van der Waals surface area contributed by atoms with Crippen molar-refractivity contribution in [2.24, 2.45) is 0 Å². The van der Waals surface area contributed by atoms with E-state index in [1.807, 2.05) is 13.0 Å². The zero-order chi connectivity index (χ0) is 9.31. The van der Waals surface area contributed by atoms with Crippen LogP contribution in [0, 0.1) is 0 Å². The van der Waals surface area contributed by atoms with Crippen molar-refractivity contribution in [2.45, 2.75) is 37.9 Å². The molecule has 2 rings (SSSR count). The topological polar surface area (TPSA) is 38.7 Å². The molecule has 2 atom stereocenters. The van der Waals surface area contributed by atoms with Gasteiger partial charge in [0.25, 0.3) is 0 Å². The Morgan fingerprint density at radius 1 is 1.54 bits per heavy atom. The van der Waals surface area contributed by atoms with Gasteiger partial charge in [0.15, 0.2) is 0 Å². The van der Waals surface area contributed by atoms with Crippen molar-refractivity contribution in [3.05, 3.63) is 11.8 Å². The summed E-state index contributed by atoms with van der Waals surface area (Å²) in [5, 5.41) is 10.3. The van der Waals surface area contributed by atoms with Crippen LogP contribution in [0.25, 0.3) is 0 Å². The Kier molecular flexibility index (Phi) is 2.30. The largest absolute Gasteiger partial charge is 0.495 e. The number of rotatable bonds is 1. The van der Waals surface area contributed by atoms with Crippen LogP contribution in [0.3, 0.4) is 0 Å². The summed E-state index contributed by atoms with van der Waals surface area (Å²) >= 11 is 0. The first-order valence-electron chi connectivity index (χ1n) is 4.88. The van der Waals surface area contributed by atoms with Gasteiger partial charge in [-0.25, -0.2) is 0 Å². The van der Waals surface area contributed by atoms with Crippen LogP contribution in [0.2, 0.25) is 0 Å². The maximum absolute atomic E-state index is 10.3. The van der Waals surface area contributed by atoms with Gasteiger partial charge < -0.3 is 14.6 Å². The predicted octanol–water partition coefficient (Wildman–Crippen LogP) is 1.22. The quantitative estimate of drug-likeness (QED) is 0.666. The molecule has 0 aromatic carbocycles. The average molecular weight is 184 g/mol. The van der Waals surface area contributed by atoms with Gasteiger partial charge in [-0.3, -0.25) is 0 Å². The SMILES string of the molecule is CC1CC(O)(C2=CCCO2)CCO1. The minimum Gasteiger partial charge on any atom is -0.495 e. The number of hydrogen-bond donors (Lipinski definition) is 1. The average Bonchev–Trinajstić information content (AvgIpc) is 2.55. The van der Waals surface area contributed by atoms with Gasteiger partial charge in [-0.1, -0.05) is 0 Å². The third kappa shape index (κ3) is 1.71. The van der Waals surface area contributed by atoms with Gasteiger partial charge in [0, 0.05) is 19.3 Å². The van der Waals surface area contributed by atoms with E-state index in [0.717, 1.165) is 12.2 Å². The minimum atomic E-state index is -0.756. The highest BCUT2D eigenvalue weighted by Gasteiger charge is 2.39. The molecule has 2 unspecified atom stereocenters. The maximum Gasteiger partial charge on any atom is 0.126 e. The Morgan fingerprint density at radius 2 is 2.38 bits per heavy atom. The molecule has 3 nitrogen and oxygen atoms in total. The molecule has 2 aliphatic rings. The molecule has 1 saturated heterocycles. The third-order valence-electron chi connectivity index (χ3n) is 2.71. The summed E-state index contributed by atoms with van der Waals surface area (Å²) in [5.41, 5.74) is -0.756. The normalized spacial score (nSPS) is 39.8. The molecule has 0 amide bonds. The van der Waals surface area contributed by atoms with Crippen LogP contribution in [-0.2, 0) is 9.47 Å². The van der Waals surface area contributed by atoms with Crippen LogP contribution < -0.4 is 0 Å². The van der Waals surface area contributed by atoms with Crippen molar-refractivity contribution >= 4 is 0 Å². The lowest BCUT2D eigenvalue weighted by Crippen LogP contribution is -2.41. The highest BCUT2D eigenvalue weighted by molar-refractivity contribution is 5.14. The highest BCUT2D eigenvalue weighted by Crippen LogP contribution is 2.34. The second kappa shape index (κ2) is 3.31. The Morgan fingerprint density at radius 3 is 3.00 bits per heavy atom. The summed E-state index contributed by atoms with van der Waals surface area (Å²) in [6.07, 6.45) is 4.36. The summed E-state index contributed by atoms with van der Waals surface area (Å²) in [5.74, 6) is 0.766. The van der Waals surface area contributed by atoms with Gasteiger partial charge in [0.1, 0.15) is 11.4 Å². The second-order valence-electron chi connectivity index (χ2n) is 3.87. The van der Waals surface area contributed by atoms with E-state index >= 15 is 0 Å². The maximum atomic E-state index is 10.3. The first-order chi connectivity index (χ1) is 6.21.